The summed E-state index contributed by atoms with van der Waals surface area (Å²) in [6.07, 6.45) is -4.55. The van der Waals surface area contributed by atoms with E-state index < -0.39 is 95.5 Å². The molecule has 0 spiro atoms. The normalized spacial score (nSPS) is 14.2. The number of benzene rings is 2. The third kappa shape index (κ3) is 19.3. The molecule has 22 heteroatoms. The summed E-state index contributed by atoms with van der Waals surface area (Å²) in [5.41, 5.74) is 1.02. The van der Waals surface area contributed by atoms with Gasteiger partial charge < -0.3 is 50.8 Å². The maximum Gasteiger partial charge on any atom is 0.413 e. The molecule has 0 saturated carbocycles. The van der Waals surface area contributed by atoms with Crippen LogP contribution >= 0.6 is 22.7 Å². The average molecular weight is 1040 g/mol. The van der Waals surface area contributed by atoms with Gasteiger partial charge in [0, 0.05) is 24.9 Å². The van der Waals surface area contributed by atoms with Gasteiger partial charge in [-0.25, -0.2) is 29.1 Å². The predicted octanol–water partition coefficient (Wildman–Crippen LogP) is 6.50. The van der Waals surface area contributed by atoms with Crippen molar-refractivity contribution in [3.05, 3.63) is 93.9 Å². The highest BCUT2D eigenvalue weighted by atomic mass is 32.1. The molecular weight excluding hydrogens is 965 g/mol. The van der Waals surface area contributed by atoms with Gasteiger partial charge in [0.1, 0.15) is 35.5 Å². The molecule has 2 aromatic heterocycles. The summed E-state index contributed by atoms with van der Waals surface area (Å²) in [7, 11) is 3.06. The Morgan fingerprint density at radius 3 is 1.21 bits per heavy atom. The molecule has 8 amide bonds. The molecule has 6 atom stereocenters. The lowest BCUT2D eigenvalue weighted by atomic mass is 9.90. The van der Waals surface area contributed by atoms with Crippen LogP contribution in [0.25, 0.3) is 0 Å². The first-order valence-corrected chi connectivity index (χ1v) is 25.4. The summed E-state index contributed by atoms with van der Waals surface area (Å²) in [4.78, 5) is 91.7. The molecule has 4 rings (SSSR count). The van der Waals surface area contributed by atoms with Crippen LogP contribution in [0.2, 0.25) is 0 Å². The SMILES string of the molecule is CC(C)[C@H](NC(=O)N(C)Cc1csc(NC(=O)OC(C)(C)C)n1)C(=O)N[C@@H](Cc1ccccc1)[C@H](O)[C@@H](O)[C@H](Cc1ccccc1)NC(=O)[C@@H](NC(=O)N(C)Cc1csc(NC(=O)OC(C)(C)C)n1)C(C)C. The Balaban J connectivity index is 1.50. The minimum atomic E-state index is -1.67. The minimum Gasteiger partial charge on any atom is -0.444 e. The third-order valence-electron chi connectivity index (χ3n) is 10.7. The van der Waals surface area contributed by atoms with E-state index in [2.05, 4.69) is 41.9 Å². The summed E-state index contributed by atoms with van der Waals surface area (Å²) in [6, 6.07) is 12.5. The Morgan fingerprint density at radius 2 is 0.903 bits per heavy atom. The van der Waals surface area contributed by atoms with Crippen LogP contribution < -0.4 is 31.9 Å². The molecule has 8 N–H and O–H groups in total. The van der Waals surface area contributed by atoms with Crippen molar-refractivity contribution < 1.29 is 48.5 Å². The van der Waals surface area contributed by atoms with E-state index in [9.17, 15) is 39.0 Å². The number of aliphatic hydroxyl groups is 2. The van der Waals surface area contributed by atoms with Crippen LogP contribution in [0.15, 0.2) is 71.4 Å². The number of urea groups is 2. The number of nitrogens with one attached hydrogen (secondary N) is 6. The van der Waals surface area contributed by atoms with Gasteiger partial charge in [-0.05, 0) is 77.3 Å². The van der Waals surface area contributed by atoms with Gasteiger partial charge in [0.15, 0.2) is 10.3 Å². The second kappa shape index (κ2) is 26.4. The minimum absolute atomic E-state index is 0.0445. The van der Waals surface area contributed by atoms with Crippen LogP contribution in [0.1, 0.15) is 91.8 Å². The monoisotopic (exact) mass is 1040 g/mol. The van der Waals surface area contributed by atoms with Crippen molar-refractivity contribution in [1.29, 1.82) is 0 Å². The van der Waals surface area contributed by atoms with Crippen molar-refractivity contribution in [2.24, 2.45) is 11.8 Å². The second-order valence-electron chi connectivity index (χ2n) is 20.2. The van der Waals surface area contributed by atoms with Gasteiger partial charge in [0.25, 0.3) is 0 Å². The molecule has 72 heavy (non-hydrogen) atoms. The molecule has 0 radical (unpaired) electrons. The Kier molecular flexibility index (Phi) is 21.3. The molecule has 2 aromatic carbocycles. The van der Waals surface area contributed by atoms with Gasteiger partial charge in [-0.2, -0.15) is 0 Å². The van der Waals surface area contributed by atoms with Gasteiger partial charge >= 0.3 is 24.2 Å². The fraction of sp³-hybridized carbons (Fsp3) is 0.520. The van der Waals surface area contributed by atoms with E-state index in [-0.39, 0.29) is 36.2 Å². The van der Waals surface area contributed by atoms with Crippen molar-refractivity contribution in [3.8, 4) is 0 Å². The van der Waals surface area contributed by atoms with Gasteiger partial charge in [-0.15, -0.1) is 22.7 Å². The van der Waals surface area contributed by atoms with E-state index in [1.807, 2.05) is 36.4 Å². The highest BCUT2D eigenvalue weighted by Gasteiger charge is 2.38. The average Bonchev–Trinajstić information content (AvgIpc) is 3.92. The number of amides is 8. The maximum absolute atomic E-state index is 14.3. The Labute approximate surface area is 430 Å². The van der Waals surface area contributed by atoms with Crippen molar-refractivity contribution in [2.45, 2.75) is 143 Å². The first-order chi connectivity index (χ1) is 33.7. The van der Waals surface area contributed by atoms with Crippen molar-refractivity contribution >= 4 is 69.0 Å². The number of hydrogen-bond donors (Lipinski definition) is 8. The highest BCUT2D eigenvalue weighted by molar-refractivity contribution is 7.14. The fourth-order valence-corrected chi connectivity index (χ4v) is 8.49. The molecule has 0 fully saturated rings. The first-order valence-electron chi connectivity index (χ1n) is 23.6. The molecule has 0 aliphatic heterocycles. The molecule has 4 aromatic rings. The predicted molar refractivity (Wildman–Crippen MR) is 277 cm³/mol. The quantitative estimate of drug-likeness (QED) is 0.0445. The standard InChI is InChI=1S/C50H72N10O10S2/c1-29(2)37(55-45(65)59(11)25-33-27-71-43(51-33)57-47(67)69-49(5,6)7)41(63)53-35(23-31-19-15-13-16-20-31)39(61)40(62)36(24-32-21-17-14-18-22-32)54-42(64)38(30(3)4)56-46(66)60(12)26-34-28-72-44(52-34)58-48(68)70-50(8,9)10/h13-22,27-30,35-40,61-62H,23-26H2,1-12H3,(H,53,63)(H,54,64)(H,55,65)(H,56,66)(H,51,57,67)(H,52,58,68)/t35-,36-,37-,38-,39-,40-/m0/s1. The smallest absolute Gasteiger partial charge is 0.413 e. The molecule has 2 heterocycles. The Bertz CT molecular complexity index is 2240. The number of anilines is 2. The molecule has 0 saturated heterocycles. The third-order valence-corrected chi connectivity index (χ3v) is 12.3. The van der Waals surface area contributed by atoms with Crippen LogP contribution in [-0.2, 0) is 45.0 Å². The molecule has 0 bridgehead atoms. The van der Waals surface area contributed by atoms with E-state index in [0.717, 1.165) is 33.8 Å². The molecule has 0 unspecified atom stereocenters. The number of thiazole rings is 2. The van der Waals surface area contributed by atoms with E-state index >= 15 is 0 Å². The van der Waals surface area contributed by atoms with Crippen LogP contribution in [0.4, 0.5) is 29.4 Å². The Morgan fingerprint density at radius 1 is 0.569 bits per heavy atom. The van der Waals surface area contributed by atoms with Crippen LogP contribution in [0.5, 0.6) is 0 Å². The number of rotatable bonds is 21. The van der Waals surface area contributed by atoms with Crippen molar-refractivity contribution in [2.75, 3.05) is 24.7 Å². The maximum atomic E-state index is 14.3. The zero-order valence-electron chi connectivity index (χ0n) is 43.1. The summed E-state index contributed by atoms with van der Waals surface area (Å²) in [5.74, 6) is -2.11. The lowest BCUT2D eigenvalue weighted by Crippen LogP contribution is -2.62. The zero-order chi connectivity index (χ0) is 53.5. The van der Waals surface area contributed by atoms with Crippen molar-refractivity contribution in [1.82, 2.24) is 41.0 Å². The Hall–Kier alpha value is -6.36. The second-order valence-corrected chi connectivity index (χ2v) is 21.9. The number of ether oxygens (including phenoxy) is 2. The largest absolute Gasteiger partial charge is 0.444 e. The summed E-state index contributed by atoms with van der Waals surface area (Å²) in [5, 5.41) is 44.8. The fourth-order valence-electron chi connectivity index (χ4n) is 7.11. The van der Waals surface area contributed by atoms with E-state index in [0.29, 0.717) is 11.4 Å². The number of aromatic nitrogens is 2. The number of carbonyl (C=O) groups is 6. The number of carbonyl (C=O) groups excluding carboxylic acids is 6. The van der Waals surface area contributed by atoms with Gasteiger partial charge in [0.05, 0.1) is 36.6 Å². The van der Waals surface area contributed by atoms with E-state index in [1.165, 1.54) is 23.9 Å². The van der Waals surface area contributed by atoms with E-state index in [4.69, 9.17) is 9.47 Å². The molecule has 0 aliphatic rings. The van der Waals surface area contributed by atoms with Gasteiger partial charge in [-0.1, -0.05) is 88.4 Å². The number of hydrogen-bond acceptors (Lipinski definition) is 14. The van der Waals surface area contributed by atoms with Gasteiger partial charge in [-0.3, -0.25) is 20.2 Å². The summed E-state index contributed by atoms with van der Waals surface area (Å²) < 4.78 is 10.6. The van der Waals surface area contributed by atoms with Gasteiger partial charge in [0.2, 0.25) is 11.8 Å². The molecule has 394 valence electrons. The van der Waals surface area contributed by atoms with Crippen LogP contribution in [0.3, 0.4) is 0 Å². The topological polar surface area (TPSA) is 266 Å². The number of nitrogens with zero attached hydrogens (tertiary/aromatic N) is 4. The van der Waals surface area contributed by atoms with Crippen molar-refractivity contribution in [3.63, 3.8) is 0 Å². The van der Waals surface area contributed by atoms with Crippen LogP contribution in [-0.4, -0.2) is 128 Å². The highest BCUT2D eigenvalue weighted by Crippen LogP contribution is 2.21. The zero-order valence-corrected chi connectivity index (χ0v) is 44.8. The lowest BCUT2D eigenvalue weighted by molar-refractivity contribution is -0.129. The van der Waals surface area contributed by atoms with Crippen LogP contribution in [0, 0.1) is 11.8 Å². The molecular formula is C50H72N10O10S2. The summed E-state index contributed by atoms with van der Waals surface area (Å²) >= 11 is 2.33. The molecule has 0 aliphatic carbocycles. The number of aliphatic hydroxyl groups excluding tert-OH is 2. The van der Waals surface area contributed by atoms with E-state index in [1.54, 1.807) is 104 Å². The first kappa shape index (κ1) is 58.2. The molecule has 20 nitrogen and oxygen atoms in total. The summed E-state index contributed by atoms with van der Waals surface area (Å²) in [6.45, 7) is 17.6. The lowest BCUT2D eigenvalue weighted by Gasteiger charge is -2.35.